The molecule has 2 aromatic rings. The molecular formula is C21H20N2O6S. The molecule has 2 aromatic carbocycles. The predicted octanol–water partition coefficient (Wildman–Crippen LogP) is 2.59. The molecule has 3 aliphatic heterocycles. The molecule has 0 unspecified atom stereocenters. The van der Waals surface area contributed by atoms with E-state index in [0.717, 1.165) is 5.39 Å². The van der Waals surface area contributed by atoms with E-state index in [2.05, 4.69) is 5.32 Å². The third-order valence-electron chi connectivity index (χ3n) is 5.72. The molecule has 30 heavy (non-hydrogen) atoms. The summed E-state index contributed by atoms with van der Waals surface area (Å²) in [6, 6.07) is 5.60. The monoisotopic (exact) mass is 428 g/mol. The number of hydrogen-bond donors (Lipinski definition) is 2. The molecule has 0 aromatic heterocycles. The Morgan fingerprint density at radius 2 is 2.03 bits per heavy atom. The molecule has 5 rings (SSSR count). The van der Waals surface area contributed by atoms with Crippen LogP contribution < -0.4 is 14.8 Å². The van der Waals surface area contributed by atoms with E-state index in [0.29, 0.717) is 34.8 Å². The molecule has 0 bridgehead atoms. The van der Waals surface area contributed by atoms with E-state index < -0.39 is 34.1 Å². The van der Waals surface area contributed by atoms with E-state index in [1.54, 1.807) is 19.9 Å². The van der Waals surface area contributed by atoms with Crippen molar-refractivity contribution >= 4 is 40.3 Å². The third kappa shape index (κ3) is 2.57. The van der Waals surface area contributed by atoms with Gasteiger partial charge in [-0.2, -0.15) is 0 Å². The summed E-state index contributed by atoms with van der Waals surface area (Å²) >= 11 is 1.39. The van der Waals surface area contributed by atoms with Crippen LogP contribution in [0.25, 0.3) is 10.8 Å². The van der Waals surface area contributed by atoms with Gasteiger partial charge in [0, 0.05) is 10.1 Å². The number of nitrogens with one attached hydrogen (secondary N) is 1. The Hall–Kier alpha value is -2.94. The number of carbonyl (C=O) groups excluding carboxylic acids is 2. The zero-order valence-corrected chi connectivity index (χ0v) is 17.4. The molecule has 2 fully saturated rings. The Morgan fingerprint density at radius 3 is 2.73 bits per heavy atom. The predicted molar refractivity (Wildman–Crippen MR) is 110 cm³/mol. The highest BCUT2D eigenvalue weighted by Gasteiger charge is 2.64. The molecule has 9 heteroatoms. The SMILES string of the molecule is CCOc1ccc2ccc3c(c2c1C(=O)N[C@@H]1C(=O)N2[C@@H]1SC(C)(C)[C@@H]2C(=O)O)O3. The quantitative estimate of drug-likeness (QED) is 0.475. The van der Waals surface area contributed by atoms with Gasteiger partial charge in [-0.15, -0.1) is 11.8 Å². The van der Waals surface area contributed by atoms with Crippen molar-refractivity contribution in [2.45, 2.75) is 43.0 Å². The average Bonchev–Trinajstić information content (AvgIpc) is 3.43. The summed E-state index contributed by atoms with van der Waals surface area (Å²) in [7, 11) is 0. The zero-order chi connectivity index (χ0) is 21.4. The number of amides is 2. The van der Waals surface area contributed by atoms with E-state index in [1.165, 1.54) is 16.7 Å². The second-order valence-electron chi connectivity index (χ2n) is 8.01. The molecule has 0 aliphatic carbocycles. The Bertz CT molecular complexity index is 1130. The Kier molecular flexibility index (Phi) is 3.99. The van der Waals surface area contributed by atoms with Crippen LogP contribution in [0.1, 0.15) is 31.1 Å². The maximum atomic E-state index is 13.3. The number of hydrogen-bond acceptors (Lipinski definition) is 6. The molecular weight excluding hydrogens is 408 g/mol. The number of ether oxygens (including phenoxy) is 2. The molecule has 3 atom stereocenters. The first-order valence-corrected chi connectivity index (χ1v) is 10.6. The van der Waals surface area contributed by atoms with Gasteiger partial charge in [-0.25, -0.2) is 4.79 Å². The van der Waals surface area contributed by atoms with Crippen LogP contribution in [0.3, 0.4) is 0 Å². The van der Waals surface area contributed by atoms with Gasteiger partial charge in [0.25, 0.3) is 5.91 Å². The number of fused-ring (bicyclic) bond motifs is 4. The minimum Gasteiger partial charge on any atom is -0.493 e. The van der Waals surface area contributed by atoms with E-state index >= 15 is 0 Å². The summed E-state index contributed by atoms with van der Waals surface area (Å²) in [5, 5.41) is 13.4. The first-order chi connectivity index (χ1) is 14.2. The summed E-state index contributed by atoms with van der Waals surface area (Å²) < 4.78 is 10.5. The van der Waals surface area contributed by atoms with Crippen LogP contribution in [0.4, 0.5) is 0 Å². The van der Waals surface area contributed by atoms with Gasteiger partial charge in [-0.3, -0.25) is 9.59 Å². The van der Waals surface area contributed by atoms with Crippen LogP contribution in [-0.4, -0.2) is 56.6 Å². The van der Waals surface area contributed by atoms with Crippen molar-refractivity contribution in [3.05, 3.63) is 29.8 Å². The standard InChI is InChI=1S/C21H20N2O6S/c1-4-28-10-7-5-9-6-8-11-15(29-11)12(9)13(10)17(24)22-14-18(25)23-16(20(26)27)21(2,3)30-19(14)23/h5-8,14,16,19H,4H2,1-3H3,(H,22,24)(H,26,27)/t14-,16+,19-/m1/s1. The molecule has 2 saturated heterocycles. The summed E-state index contributed by atoms with van der Waals surface area (Å²) in [6.45, 7) is 5.81. The van der Waals surface area contributed by atoms with Gasteiger partial charge in [-0.05, 0) is 38.3 Å². The molecule has 0 radical (unpaired) electrons. The molecule has 8 nitrogen and oxygen atoms in total. The summed E-state index contributed by atoms with van der Waals surface area (Å²) in [6.07, 6.45) is 0. The average molecular weight is 428 g/mol. The van der Waals surface area contributed by atoms with Crippen molar-refractivity contribution in [2.75, 3.05) is 6.61 Å². The lowest BCUT2D eigenvalue weighted by molar-refractivity contribution is -0.159. The first-order valence-electron chi connectivity index (χ1n) is 9.68. The highest BCUT2D eigenvalue weighted by molar-refractivity contribution is 8.01. The number of carboxylic acid groups (broad SMARTS) is 1. The fraction of sp³-hybridized carbons (Fsp3) is 0.381. The van der Waals surface area contributed by atoms with Crippen molar-refractivity contribution in [1.29, 1.82) is 0 Å². The van der Waals surface area contributed by atoms with Gasteiger partial charge in [0.15, 0.2) is 11.5 Å². The van der Waals surface area contributed by atoms with Crippen molar-refractivity contribution in [3.63, 3.8) is 0 Å². The van der Waals surface area contributed by atoms with Gasteiger partial charge >= 0.3 is 5.97 Å². The Labute approximate surface area is 176 Å². The fourth-order valence-electron chi connectivity index (χ4n) is 4.38. The normalized spacial score (nSPS) is 25.1. The van der Waals surface area contributed by atoms with Crippen LogP contribution in [-0.2, 0) is 9.59 Å². The largest absolute Gasteiger partial charge is 0.493 e. The number of thioether (sulfide) groups is 1. The summed E-state index contributed by atoms with van der Waals surface area (Å²) in [5.41, 5.74) is 0.326. The topological polar surface area (TPSA) is 108 Å². The van der Waals surface area contributed by atoms with Gasteiger partial charge in [-0.1, -0.05) is 12.1 Å². The van der Waals surface area contributed by atoms with E-state index in [-0.39, 0.29) is 5.91 Å². The lowest BCUT2D eigenvalue weighted by Crippen LogP contribution is -2.70. The summed E-state index contributed by atoms with van der Waals surface area (Å²) in [4.78, 5) is 39.1. The highest BCUT2D eigenvalue weighted by atomic mass is 32.2. The van der Waals surface area contributed by atoms with Crippen molar-refractivity contribution < 1.29 is 29.0 Å². The molecule has 2 amide bonds. The lowest BCUT2D eigenvalue weighted by atomic mass is 9.95. The van der Waals surface area contributed by atoms with E-state index in [4.69, 9.17) is 9.47 Å². The number of β-lactam (4-membered cyclic amide) rings is 1. The number of rotatable bonds is 5. The Balaban J connectivity index is 1.48. The van der Waals surface area contributed by atoms with Gasteiger partial charge < -0.3 is 24.8 Å². The van der Waals surface area contributed by atoms with Gasteiger partial charge in [0.2, 0.25) is 5.91 Å². The van der Waals surface area contributed by atoms with Crippen LogP contribution in [0.15, 0.2) is 24.3 Å². The number of nitrogens with zero attached hydrogens (tertiary/aromatic N) is 1. The maximum absolute atomic E-state index is 13.3. The maximum Gasteiger partial charge on any atom is 0.327 e. The van der Waals surface area contributed by atoms with Gasteiger partial charge in [0.1, 0.15) is 23.2 Å². The fourth-order valence-corrected chi connectivity index (χ4v) is 6.00. The molecule has 156 valence electrons. The minimum absolute atomic E-state index is 0.326. The van der Waals surface area contributed by atoms with E-state index in [9.17, 15) is 19.5 Å². The van der Waals surface area contributed by atoms with Gasteiger partial charge in [0.05, 0.1) is 12.2 Å². The van der Waals surface area contributed by atoms with Crippen LogP contribution >= 0.6 is 11.8 Å². The second-order valence-corrected chi connectivity index (χ2v) is 9.78. The number of carbonyl (C=O) groups is 3. The smallest absolute Gasteiger partial charge is 0.327 e. The summed E-state index contributed by atoms with van der Waals surface area (Å²) in [5.74, 6) is -0.0948. The molecule has 0 saturated carbocycles. The lowest BCUT2D eigenvalue weighted by Gasteiger charge is -2.43. The zero-order valence-electron chi connectivity index (χ0n) is 16.6. The molecule has 3 heterocycles. The third-order valence-corrected chi connectivity index (χ3v) is 7.29. The first kappa shape index (κ1) is 19.0. The van der Waals surface area contributed by atoms with Crippen molar-refractivity contribution in [2.24, 2.45) is 0 Å². The number of benzene rings is 2. The van der Waals surface area contributed by atoms with Crippen LogP contribution in [0.5, 0.6) is 17.2 Å². The molecule has 0 spiro atoms. The molecule has 3 aliphatic rings. The van der Waals surface area contributed by atoms with Crippen molar-refractivity contribution in [1.82, 2.24) is 10.2 Å². The van der Waals surface area contributed by atoms with Crippen LogP contribution in [0.2, 0.25) is 0 Å². The van der Waals surface area contributed by atoms with Crippen LogP contribution in [0, 0.1) is 0 Å². The molecule has 2 N–H and O–H groups in total. The Morgan fingerprint density at radius 1 is 1.30 bits per heavy atom. The minimum atomic E-state index is -1.04. The highest BCUT2D eigenvalue weighted by Crippen LogP contribution is 2.53. The van der Waals surface area contributed by atoms with E-state index in [1.807, 2.05) is 25.1 Å². The second kappa shape index (κ2) is 6.28. The van der Waals surface area contributed by atoms with Crippen molar-refractivity contribution in [3.8, 4) is 17.2 Å². The number of carboxylic acids is 1. The number of aliphatic carboxylic acids is 1.